The molecule has 1 heterocycles. The molecule has 0 spiro atoms. The smallest absolute Gasteiger partial charge is 0.347 e. The van der Waals surface area contributed by atoms with E-state index in [4.69, 9.17) is 4.74 Å². The molecule has 76 valence electrons. The van der Waals surface area contributed by atoms with Gasteiger partial charge in [0, 0.05) is 12.3 Å². The predicted octanol–water partition coefficient (Wildman–Crippen LogP) is 1.35. The maximum Gasteiger partial charge on any atom is 0.347 e. The zero-order chi connectivity index (χ0) is 10.5. The lowest BCUT2D eigenvalue weighted by atomic mass is 10.2. The Hall–Kier alpha value is -2.10. The molecule has 0 amide bonds. The van der Waals surface area contributed by atoms with Crippen LogP contribution in [-0.2, 0) is 6.61 Å². The second kappa shape index (κ2) is 4.41. The Morgan fingerprint density at radius 1 is 1.20 bits per heavy atom. The highest BCUT2D eigenvalue weighted by Crippen LogP contribution is 2.05. The second-order valence-corrected chi connectivity index (χ2v) is 3.01. The number of H-pyrrole nitrogens is 1. The summed E-state index contributed by atoms with van der Waals surface area (Å²) in [6.07, 6.45) is 1.42. The van der Waals surface area contributed by atoms with Crippen LogP contribution in [0.3, 0.4) is 0 Å². The first-order valence-corrected chi connectivity index (χ1v) is 4.56. The molecule has 0 bridgehead atoms. The molecule has 0 saturated carbocycles. The third-order valence-corrected chi connectivity index (χ3v) is 1.88. The zero-order valence-electron chi connectivity index (χ0n) is 8.01. The van der Waals surface area contributed by atoms with Crippen molar-refractivity contribution in [2.75, 3.05) is 0 Å². The topological polar surface area (TPSA) is 55.0 Å². The van der Waals surface area contributed by atoms with Crippen LogP contribution in [0.4, 0.5) is 0 Å². The van der Waals surface area contributed by atoms with E-state index in [1.165, 1.54) is 6.20 Å². The molecule has 0 atom stereocenters. The van der Waals surface area contributed by atoms with E-state index in [0.717, 1.165) is 5.56 Å². The SMILES string of the molecule is O=c1nccc(OCc2ccccc2)[nH]1. The zero-order valence-corrected chi connectivity index (χ0v) is 8.01. The van der Waals surface area contributed by atoms with Crippen molar-refractivity contribution in [3.8, 4) is 5.88 Å². The summed E-state index contributed by atoms with van der Waals surface area (Å²) < 4.78 is 5.38. The fourth-order valence-corrected chi connectivity index (χ4v) is 1.17. The number of ether oxygens (including phenoxy) is 1. The molecule has 2 rings (SSSR count). The van der Waals surface area contributed by atoms with Gasteiger partial charge in [-0.2, -0.15) is 0 Å². The number of hydrogen-bond acceptors (Lipinski definition) is 3. The highest BCUT2D eigenvalue weighted by molar-refractivity contribution is 5.15. The highest BCUT2D eigenvalue weighted by atomic mass is 16.5. The van der Waals surface area contributed by atoms with Crippen molar-refractivity contribution in [1.29, 1.82) is 0 Å². The number of rotatable bonds is 3. The molecule has 1 aromatic carbocycles. The molecule has 1 N–H and O–H groups in total. The molecule has 0 aliphatic heterocycles. The van der Waals surface area contributed by atoms with Crippen LogP contribution in [0, 0.1) is 0 Å². The van der Waals surface area contributed by atoms with Crippen LogP contribution in [0.15, 0.2) is 47.4 Å². The van der Waals surface area contributed by atoms with Gasteiger partial charge in [-0.3, -0.25) is 4.98 Å². The quantitative estimate of drug-likeness (QED) is 0.817. The number of hydrogen-bond donors (Lipinski definition) is 1. The first-order valence-electron chi connectivity index (χ1n) is 4.56. The lowest BCUT2D eigenvalue weighted by Crippen LogP contribution is -2.10. The van der Waals surface area contributed by atoms with Gasteiger partial charge in [0.2, 0.25) is 0 Å². The largest absolute Gasteiger partial charge is 0.474 e. The Morgan fingerprint density at radius 3 is 2.73 bits per heavy atom. The minimum atomic E-state index is -0.402. The van der Waals surface area contributed by atoms with Gasteiger partial charge in [0.05, 0.1) is 0 Å². The molecule has 4 heteroatoms. The lowest BCUT2D eigenvalue weighted by molar-refractivity contribution is 0.292. The van der Waals surface area contributed by atoms with Crippen LogP contribution in [0.2, 0.25) is 0 Å². The summed E-state index contributed by atoms with van der Waals surface area (Å²) in [4.78, 5) is 16.8. The fraction of sp³-hybridized carbons (Fsp3) is 0.0909. The van der Waals surface area contributed by atoms with E-state index in [1.54, 1.807) is 6.07 Å². The maximum absolute atomic E-state index is 10.9. The molecule has 2 aromatic rings. The summed E-state index contributed by atoms with van der Waals surface area (Å²) >= 11 is 0. The van der Waals surface area contributed by atoms with Crippen LogP contribution in [-0.4, -0.2) is 9.97 Å². The maximum atomic E-state index is 10.9. The summed E-state index contributed by atoms with van der Waals surface area (Å²) in [5.41, 5.74) is 0.649. The van der Waals surface area contributed by atoms with Crippen LogP contribution in [0.5, 0.6) is 5.88 Å². The van der Waals surface area contributed by atoms with E-state index in [9.17, 15) is 4.79 Å². The normalized spacial score (nSPS) is 9.87. The highest BCUT2D eigenvalue weighted by Gasteiger charge is 1.95. The van der Waals surface area contributed by atoms with Crippen molar-refractivity contribution < 1.29 is 4.74 Å². The molecule has 0 saturated heterocycles. The molecular weight excluding hydrogens is 192 g/mol. The van der Waals surface area contributed by atoms with Crippen molar-refractivity contribution in [1.82, 2.24) is 9.97 Å². The van der Waals surface area contributed by atoms with E-state index < -0.39 is 5.69 Å². The van der Waals surface area contributed by atoms with Crippen LogP contribution in [0.1, 0.15) is 5.56 Å². The Bertz CT molecular complexity index is 479. The van der Waals surface area contributed by atoms with Gasteiger partial charge in [0.1, 0.15) is 6.61 Å². The summed E-state index contributed by atoms with van der Waals surface area (Å²) in [7, 11) is 0. The molecule has 4 nitrogen and oxygen atoms in total. The summed E-state index contributed by atoms with van der Waals surface area (Å²) in [5, 5.41) is 0. The molecule has 0 radical (unpaired) electrons. The summed E-state index contributed by atoms with van der Waals surface area (Å²) in [5.74, 6) is 0.429. The van der Waals surface area contributed by atoms with Crippen LogP contribution in [0.25, 0.3) is 0 Å². The van der Waals surface area contributed by atoms with Gasteiger partial charge >= 0.3 is 5.69 Å². The van der Waals surface area contributed by atoms with Gasteiger partial charge < -0.3 is 4.74 Å². The van der Waals surface area contributed by atoms with Crippen molar-refractivity contribution in [2.24, 2.45) is 0 Å². The average Bonchev–Trinajstić information content (AvgIpc) is 2.28. The molecule has 0 unspecified atom stereocenters. The van der Waals surface area contributed by atoms with Crippen LogP contribution >= 0.6 is 0 Å². The number of aromatic nitrogens is 2. The molecule has 0 aliphatic rings. The van der Waals surface area contributed by atoms with Crippen molar-refractivity contribution in [3.05, 3.63) is 58.6 Å². The minimum Gasteiger partial charge on any atom is -0.474 e. The van der Waals surface area contributed by atoms with Crippen molar-refractivity contribution >= 4 is 0 Å². The molecular formula is C11H10N2O2. The van der Waals surface area contributed by atoms with Gasteiger partial charge in [0.15, 0.2) is 5.88 Å². The van der Waals surface area contributed by atoms with E-state index in [2.05, 4.69) is 9.97 Å². The van der Waals surface area contributed by atoms with Gasteiger partial charge in [0.25, 0.3) is 0 Å². The van der Waals surface area contributed by atoms with E-state index >= 15 is 0 Å². The summed E-state index contributed by atoms with van der Waals surface area (Å²) in [6, 6.07) is 11.3. The molecule has 15 heavy (non-hydrogen) atoms. The average molecular weight is 202 g/mol. The van der Waals surface area contributed by atoms with E-state index in [0.29, 0.717) is 12.5 Å². The first-order chi connectivity index (χ1) is 7.34. The number of nitrogens with one attached hydrogen (secondary N) is 1. The molecule has 0 fully saturated rings. The first kappa shape index (κ1) is 9.45. The van der Waals surface area contributed by atoms with Crippen LogP contribution < -0.4 is 10.4 Å². The van der Waals surface area contributed by atoms with Gasteiger partial charge in [-0.1, -0.05) is 30.3 Å². The third kappa shape index (κ3) is 2.67. The van der Waals surface area contributed by atoms with E-state index in [1.807, 2.05) is 30.3 Å². The summed E-state index contributed by atoms with van der Waals surface area (Å²) in [6.45, 7) is 0.431. The fourth-order valence-electron chi connectivity index (χ4n) is 1.17. The van der Waals surface area contributed by atoms with Crippen molar-refractivity contribution in [2.45, 2.75) is 6.61 Å². The Kier molecular flexibility index (Phi) is 2.78. The van der Waals surface area contributed by atoms with Gasteiger partial charge in [-0.05, 0) is 5.56 Å². The monoisotopic (exact) mass is 202 g/mol. The van der Waals surface area contributed by atoms with E-state index in [-0.39, 0.29) is 0 Å². The number of nitrogens with zero attached hydrogens (tertiary/aromatic N) is 1. The van der Waals surface area contributed by atoms with Gasteiger partial charge in [-0.25, -0.2) is 9.78 Å². The minimum absolute atomic E-state index is 0.402. The Balaban J connectivity index is 2.02. The predicted molar refractivity (Wildman–Crippen MR) is 55.6 cm³/mol. The Labute approximate surface area is 86.6 Å². The molecule has 1 aromatic heterocycles. The number of aromatic amines is 1. The third-order valence-electron chi connectivity index (χ3n) is 1.88. The Morgan fingerprint density at radius 2 is 2.00 bits per heavy atom. The van der Waals surface area contributed by atoms with Gasteiger partial charge in [-0.15, -0.1) is 0 Å². The molecule has 0 aliphatic carbocycles. The lowest BCUT2D eigenvalue weighted by Gasteiger charge is -2.04. The number of benzene rings is 1. The second-order valence-electron chi connectivity index (χ2n) is 3.01. The van der Waals surface area contributed by atoms with Crippen molar-refractivity contribution in [3.63, 3.8) is 0 Å². The standard InChI is InChI=1S/C11H10N2O2/c14-11-12-7-6-10(13-11)15-8-9-4-2-1-3-5-9/h1-7H,8H2,(H,12,13,14).